The zero-order chi connectivity index (χ0) is 11.0. The van der Waals surface area contributed by atoms with E-state index in [0.717, 1.165) is 23.7 Å². The molecule has 2 rings (SSSR count). The molecule has 15 heavy (non-hydrogen) atoms. The van der Waals surface area contributed by atoms with Crippen molar-refractivity contribution < 1.29 is 10.2 Å². The molecule has 0 saturated carbocycles. The largest absolute Gasteiger partial charge is 0.506 e. The van der Waals surface area contributed by atoms with Gasteiger partial charge in [-0.25, -0.2) is 0 Å². The first-order valence-corrected chi connectivity index (χ1v) is 5.85. The Hall–Kier alpha value is -0.580. The zero-order valence-electron chi connectivity index (χ0n) is 8.33. The van der Waals surface area contributed by atoms with Gasteiger partial charge in [0.15, 0.2) is 0 Å². The summed E-state index contributed by atoms with van der Waals surface area (Å²) in [7, 11) is 0. The van der Waals surface area contributed by atoms with Crippen LogP contribution in [0.3, 0.4) is 0 Å². The van der Waals surface area contributed by atoms with Crippen molar-refractivity contribution in [3.8, 4) is 5.75 Å². The smallest absolute Gasteiger partial charge is 0.135 e. The summed E-state index contributed by atoms with van der Waals surface area (Å²) in [4.78, 5) is 0. The number of halogens is 1. The van der Waals surface area contributed by atoms with Gasteiger partial charge in [0, 0.05) is 12.1 Å². The highest BCUT2D eigenvalue weighted by molar-refractivity contribution is 9.10. The lowest BCUT2D eigenvalue weighted by Gasteiger charge is -2.14. The fourth-order valence-electron chi connectivity index (χ4n) is 2.08. The summed E-state index contributed by atoms with van der Waals surface area (Å²) < 4.78 is 0.722. The highest BCUT2D eigenvalue weighted by Gasteiger charge is 2.22. The number of aryl methyl sites for hydroxylation is 1. The second kappa shape index (κ2) is 4.12. The van der Waals surface area contributed by atoms with Crippen molar-refractivity contribution in [1.82, 2.24) is 0 Å². The van der Waals surface area contributed by atoms with E-state index in [-0.39, 0.29) is 12.3 Å². The van der Waals surface area contributed by atoms with E-state index < -0.39 is 6.10 Å². The fourth-order valence-corrected chi connectivity index (χ4v) is 2.77. The molecule has 1 atom stereocenters. The second-order valence-corrected chi connectivity index (χ2v) is 4.66. The van der Waals surface area contributed by atoms with E-state index in [2.05, 4.69) is 15.9 Å². The number of phenolic OH excluding ortho intramolecular Hbond substituents is 1. The maximum absolute atomic E-state index is 9.90. The van der Waals surface area contributed by atoms with Crippen LogP contribution in [0.1, 0.15) is 29.2 Å². The summed E-state index contributed by atoms with van der Waals surface area (Å²) >= 11 is 3.38. The third-order valence-corrected chi connectivity index (χ3v) is 3.77. The van der Waals surface area contributed by atoms with Gasteiger partial charge in [0.1, 0.15) is 5.75 Å². The lowest BCUT2D eigenvalue weighted by Crippen LogP contribution is -2.12. The molecular weight excluding hydrogens is 258 g/mol. The standard InChI is InChI=1S/C11H14BrNO2/c12-10-7-3-1-2-6(7)4-8(11(10)15)9(14)5-13/h4,9,14-15H,1-3,5,13H2. The fraction of sp³-hybridized carbons (Fsp3) is 0.455. The van der Waals surface area contributed by atoms with E-state index in [9.17, 15) is 10.2 Å². The van der Waals surface area contributed by atoms with Gasteiger partial charge in [-0.1, -0.05) is 0 Å². The maximum atomic E-state index is 9.90. The van der Waals surface area contributed by atoms with Crippen LogP contribution in [-0.2, 0) is 12.8 Å². The van der Waals surface area contributed by atoms with Crippen LogP contribution in [0.25, 0.3) is 0 Å². The molecule has 4 N–H and O–H groups in total. The van der Waals surface area contributed by atoms with Crippen molar-refractivity contribution in [1.29, 1.82) is 0 Å². The SMILES string of the molecule is NCC(O)c1cc2c(c(Br)c1O)CCC2. The molecule has 0 amide bonds. The average molecular weight is 272 g/mol. The molecular formula is C11H14BrNO2. The van der Waals surface area contributed by atoms with Crippen LogP contribution in [0.5, 0.6) is 5.75 Å². The van der Waals surface area contributed by atoms with Crippen LogP contribution in [-0.4, -0.2) is 16.8 Å². The van der Waals surface area contributed by atoms with Crippen LogP contribution < -0.4 is 5.73 Å². The van der Waals surface area contributed by atoms with E-state index in [1.807, 2.05) is 6.07 Å². The molecule has 1 aromatic carbocycles. The lowest BCUT2D eigenvalue weighted by atomic mass is 10.0. The first kappa shape index (κ1) is 10.9. The number of rotatable bonds is 2. The number of benzene rings is 1. The molecule has 0 saturated heterocycles. The number of aliphatic hydroxyl groups excluding tert-OH is 1. The Labute approximate surface area is 97.0 Å². The van der Waals surface area contributed by atoms with E-state index in [1.54, 1.807) is 0 Å². The van der Waals surface area contributed by atoms with Gasteiger partial charge in [-0.3, -0.25) is 0 Å². The number of phenols is 1. The number of nitrogens with two attached hydrogens (primary N) is 1. The molecule has 1 aliphatic carbocycles. The summed E-state index contributed by atoms with van der Waals surface area (Å²) in [5, 5.41) is 19.6. The highest BCUT2D eigenvalue weighted by Crippen LogP contribution is 2.40. The summed E-state index contributed by atoms with van der Waals surface area (Å²) in [5.41, 5.74) is 8.30. The predicted octanol–water partition coefficient (Wildman–Crippen LogP) is 1.64. The Kier molecular flexibility index (Phi) is 3.00. The molecule has 0 spiro atoms. The lowest BCUT2D eigenvalue weighted by molar-refractivity contribution is 0.182. The molecule has 0 aromatic heterocycles. The van der Waals surface area contributed by atoms with Crippen LogP contribution in [0, 0.1) is 0 Å². The molecule has 1 aromatic rings. The minimum Gasteiger partial charge on any atom is -0.506 e. The monoisotopic (exact) mass is 271 g/mol. The molecule has 0 fully saturated rings. The summed E-state index contributed by atoms with van der Waals surface area (Å²) in [6.07, 6.45) is 2.32. The van der Waals surface area contributed by atoms with Gasteiger partial charge in [0.2, 0.25) is 0 Å². The van der Waals surface area contributed by atoms with Crippen LogP contribution >= 0.6 is 15.9 Å². The highest BCUT2D eigenvalue weighted by atomic mass is 79.9. The van der Waals surface area contributed by atoms with Gasteiger partial charge in [0.25, 0.3) is 0 Å². The minimum absolute atomic E-state index is 0.124. The van der Waals surface area contributed by atoms with Crippen molar-refractivity contribution >= 4 is 15.9 Å². The molecule has 1 aliphatic rings. The Balaban J connectivity index is 2.54. The first-order chi connectivity index (χ1) is 7.15. The van der Waals surface area contributed by atoms with Gasteiger partial charge < -0.3 is 15.9 Å². The van der Waals surface area contributed by atoms with Crippen molar-refractivity contribution in [3.63, 3.8) is 0 Å². The number of aliphatic hydroxyl groups is 1. The van der Waals surface area contributed by atoms with Crippen molar-refractivity contribution in [2.75, 3.05) is 6.54 Å². The molecule has 0 radical (unpaired) electrons. The Morgan fingerprint density at radius 1 is 1.47 bits per heavy atom. The van der Waals surface area contributed by atoms with Crippen LogP contribution in [0.2, 0.25) is 0 Å². The van der Waals surface area contributed by atoms with Crippen LogP contribution in [0.15, 0.2) is 10.5 Å². The molecule has 0 bridgehead atoms. The van der Waals surface area contributed by atoms with Gasteiger partial charge in [0.05, 0.1) is 10.6 Å². The van der Waals surface area contributed by atoms with E-state index in [0.29, 0.717) is 5.56 Å². The Morgan fingerprint density at radius 2 is 2.20 bits per heavy atom. The van der Waals surface area contributed by atoms with Crippen molar-refractivity contribution in [2.45, 2.75) is 25.4 Å². The third kappa shape index (κ3) is 1.77. The second-order valence-electron chi connectivity index (χ2n) is 3.87. The Morgan fingerprint density at radius 3 is 2.87 bits per heavy atom. The molecule has 4 heteroatoms. The number of hydrogen-bond donors (Lipinski definition) is 3. The summed E-state index contributed by atoms with van der Waals surface area (Å²) in [5.74, 6) is 0.133. The first-order valence-electron chi connectivity index (χ1n) is 5.06. The van der Waals surface area contributed by atoms with Gasteiger partial charge in [-0.15, -0.1) is 0 Å². The van der Waals surface area contributed by atoms with Gasteiger partial charge >= 0.3 is 0 Å². The van der Waals surface area contributed by atoms with Crippen molar-refractivity contribution in [2.24, 2.45) is 5.73 Å². The van der Waals surface area contributed by atoms with Gasteiger partial charge in [-0.05, 0) is 52.4 Å². The average Bonchev–Trinajstić information content (AvgIpc) is 2.70. The summed E-state index contributed by atoms with van der Waals surface area (Å²) in [6.45, 7) is 0.124. The van der Waals surface area contributed by atoms with Gasteiger partial charge in [-0.2, -0.15) is 0 Å². The number of fused-ring (bicyclic) bond motifs is 1. The molecule has 82 valence electrons. The minimum atomic E-state index is -0.785. The normalized spacial score (nSPS) is 16.5. The molecule has 3 nitrogen and oxygen atoms in total. The molecule has 0 heterocycles. The summed E-state index contributed by atoms with van der Waals surface area (Å²) in [6, 6.07) is 1.87. The number of hydrogen-bond acceptors (Lipinski definition) is 3. The zero-order valence-corrected chi connectivity index (χ0v) is 9.92. The van der Waals surface area contributed by atoms with E-state index in [4.69, 9.17) is 5.73 Å². The van der Waals surface area contributed by atoms with E-state index in [1.165, 1.54) is 11.1 Å². The Bertz CT molecular complexity index is 393. The topological polar surface area (TPSA) is 66.5 Å². The predicted molar refractivity (Wildman–Crippen MR) is 61.8 cm³/mol. The quantitative estimate of drug-likeness (QED) is 0.766. The molecule has 0 aliphatic heterocycles. The number of aromatic hydroxyl groups is 1. The van der Waals surface area contributed by atoms with E-state index >= 15 is 0 Å². The van der Waals surface area contributed by atoms with Crippen molar-refractivity contribution in [3.05, 3.63) is 27.2 Å². The molecule has 1 unspecified atom stereocenters. The maximum Gasteiger partial charge on any atom is 0.135 e. The third-order valence-electron chi connectivity index (χ3n) is 2.92. The van der Waals surface area contributed by atoms with Crippen LogP contribution in [0.4, 0.5) is 0 Å².